The SMILES string of the molecule is Cc1cc(C(=O)Cn2cnc3c(cnn3-c3ccccc3)c2=O)c(C)n1C1CCS(=O)(=O)C1. The van der Waals surface area contributed by atoms with Crippen molar-refractivity contribution in [3.05, 3.63) is 76.2 Å². The molecule has 5 rings (SSSR count). The predicted molar refractivity (Wildman–Crippen MR) is 124 cm³/mol. The van der Waals surface area contributed by atoms with Gasteiger partial charge >= 0.3 is 0 Å². The van der Waals surface area contributed by atoms with Crippen LogP contribution >= 0.6 is 0 Å². The molecule has 0 radical (unpaired) electrons. The van der Waals surface area contributed by atoms with Gasteiger partial charge in [-0.05, 0) is 38.5 Å². The van der Waals surface area contributed by atoms with E-state index in [9.17, 15) is 18.0 Å². The lowest BCUT2D eigenvalue weighted by atomic mass is 10.1. The van der Waals surface area contributed by atoms with Crippen LogP contribution in [0.4, 0.5) is 0 Å². The van der Waals surface area contributed by atoms with Crippen molar-refractivity contribution in [2.24, 2.45) is 0 Å². The summed E-state index contributed by atoms with van der Waals surface area (Å²) in [5, 5.41) is 4.62. The summed E-state index contributed by atoms with van der Waals surface area (Å²) in [6, 6.07) is 11.0. The highest BCUT2D eigenvalue weighted by atomic mass is 32.2. The maximum Gasteiger partial charge on any atom is 0.264 e. The van der Waals surface area contributed by atoms with Crippen molar-refractivity contribution in [2.45, 2.75) is 32.9 Å². The summed E-state index contributed by atoms with van der Waals surface area (Å²) in [6.07, 6.45) is 3.37. The Balaban J connectivity index is 1.45. The summed E-state index contributed by atoms with van der Waals surface area (Å²) in [5.41, 5.74) is 2.92. The van der Waals surface area contributed by atoms with Gasteiger partial charge in [0.2, 0.25) is 0 Å². The predicted octanol–water partition coefficient (Wildman–Crippen LogP) is 2.24. The van der Waals surface area contributed by atoms with Gasteiger partial charge in [0.1, 0.15) is 11.7 Å². The molecule has 33 heavy (non-hydrogen) atoms. The number of para-hydroxylation sites is 1. The largest absolute Gasteiger partial charge is 0.344 e. The van der Waals surface area contributed by atoms with Crippen LogP contribution in [0, 0.1) is 13.8 Å². The van der Waals surface area contributed by atoms with Gasteiger partial charge < -0.3 is 4.57 Å². The van der Waals surface area contributed by atoms with Crippen molar-refractivity contribution in [2.75, 3.05) is 11.5 Å². The number of aryl methyl sites for hydroxylation is 1. The smallest absolute Gasteiger partial charge is 0.264 e. The summed E-state index contributed by atoms with van der Waals surface area (Å²) in [6.45, 7) is 3.53. The number of carbonyl (C=O) groups excluding carboxylic acids is 1. The van der Waals surface area contributed by atoms with E-state index >= 15 is 0 Å². The van der Waals surface area contributed by atoms with Gasteiger partial charge in [0.15, 0.2) is 21.3 Å². The third kappa shape index (κ3) is 3.70. The fourth-order valence-electron chi connectivity index (χ4n) is 4.66. The Morgan fingerprint density at radius 1 is 1.18 bits per heavy atom. The third-order valence-corrected chi connectivity index (χ3v) is 7.98. The van der Waals surface area contributed by atoms with Gasteiger partial charge in [0.25, 0.3) is 5.56 Å². The molecule has 1 atom stereocenters. The van der Waals surface area contributed by atoms with E-state index < -0.39 is 9.84 Å². The van der Waals surface area contributed by atoms with E-state index in [0.717, 1.165) is 17.1 Å². The zero-order valence-electron chi connectivity index (χ0n) is 18.3. The number of nitrogens with zero attached hydrogens (tertiary/aromatic N) is 5. The molecule has 0 bridgehead atoms. The normalized spacial score (nSPS) is 17.6. The first-order valence-electron chi connectivity index (χ1n) is 10.7. The zero-order chi connectivity index (χ0) is 23.3. The maximum absolute atomic E-state index is 13.1. The van der Waals surface area contributed by atoms with Gasteiger partial charge in [-0.1, -0.05) is 18.2 Å². The lowest BCUT2D eigenvalue weighted by Gasteiger charge is -2.16. The molecule has 4 heterocycles. The van der Waals surface area contributed by atoms with E-state index in [1.165, 1.54) is 17.1 Å². The number of carbonyl (C=O) groups is 1. The van der Waals surface area contributed by atoms with Gasteiger partial charge in [-0.2, -0.15) is 5.10 Å². The highest BCUT2D eigenvalue weighted by molar-refractivity contribution is 7.91. The van der Waals surface area contributed by atoms with E-state index in [-0.39, 0.29) is 35.4 Å². The van der Waals surface area contributed by atoms with Crippen LogP contribution in [-0.4, -0.2) is 49.6 Å². The average molecular weight is 466 g/mol. The monoisotopic (exact) mass is 465 g/mol. The van der Waals surface area contributed by atoms with Crippen LogP contribution in [0.25, 0.3) is 16.7 Å². The molecule has 0 amide bonds. The third-order valence-electron chi connectivity index (χ3n) is 6.23. The highest BCUT2D eigenvalue weighted by Gasteiger charge is 2.31. The maximum atomic E-state index is 13.1. The van der Waals surface area contributed by atoms with Crippen LogP contribution in [0.3, 0.4) is 0 Å². The topological polar surface area (TPSA) is 109 Å². The number of Topliss-reactive ketones (excluding diaryl/α,β-unsaturated/α-hetero) is 1. The van der Waals surface area contributed by atoms with E-state index in [1.807, 2.05) is 48.7 Å². The van der Waals surface area contributed by atoms with Crippen molar-refractivity contribution < 1.29 is 13.2 Å². The van der Waals surface area contributed by atoms with Crippen molar-refractivity contribution in [3.8, 4) is 5.69 Å². The molecule has 3 aromatic heterocycles. The Bertz CT molecular complexity index is 1550. The summed E-state index contributed by atoms with van der Waals surface area (Å²) < 4.78 is 28.7. The van der Waals surface area contributed by atoms with Crippen LogP contribution in [0.15, 0.2) is 53.7 Å². The van der Waals surface area contributed by atoms with Gasteiger partial charge in [0.05, 0.1) is 29.9 Å². The van der Waals surface area contributed by atoms with Gasteiger partial charge in [-0.25, -0.2) is 18.1 Å². The fourth-order valence-corrected chi connectivity index (χ4v) is 6.36. The summed E-state index contributed by atoms with van der Waals surface area (Å²) in [5.74, 6) is 0.0203. The Hall–Kier alpha value is -3.53. The number of benzene rings is 1. The Morgan fingerprint density at radius 3 is 2.64 bits per heavy atom. The molecular weight excluding hydrogens is 442 g/mol. The number of hydrogen-bond acceptors (Lipinski definition) is 6. The second kappa shape index (κ2) is 7.80. The number of sulfone groups is 1. The number of hydrogen-bond donors (Lipinski definition) is 0. The summed E-state index contributed by atoms with van der Waals surface area (Å²) in [7, 11) is -3.05. The lowest BCUT2D eigenvalue weighted by molar-refractivity contribution is 0.0970. The summed E-state index contributed by atoms with van der Waals surface area (Å²) >= 11 is 0. The first-order chi connectivity index (χ1) is 15.7. The fraction of sp³-hybridized carbons (Fsp3) is 0.304. The first kappa shape index (κ1) is 21.3. The number of ketones is 1. The molecular formula is C23H23N5O4S. The van der Waals surface area contributed by atoms with Crippen molar-refractivity contribution in [1.82, 2.24) is 23.9 Å². The van der Waals surface area contributed by atoms with Crippen molar-refractivity contribution >= 4 is 26.7 Å². The zero-order valence-corrected chi connectivity index (χ0v) is 19.1. The molecule has 4 aromatic rings. The van der Waals surface area contributed by atoms with Crippen LogP contribution in [0.1, 0.15) is 34.2 Å². The highest BCUT2D eigenvalue weighted by Crippen LogP contribution is 2.29. The molecule has 10 heteroatoms. The quantitative estimate of drug-likeness (QED) is 0.418. The molecule has 0 N–H and O–H groups in total. The number of aromatic nitrogens is 5. The van der Waals surface area contributed by atoms with E-state index in [4.69, 9.17) is 0 Å². The Morgan fingerprint density at radius 2 is 1.94 bits per heavy atom. The molecule has 0 spiro atoms. The van der Waals surface area contributed by atoms with Crippen molar-refractivity contribution in [1.29, 1.82) is 0 Å². The second-order valence-corrected chi connectivity index (χ2v) is 10.7. The molecule has 1 aliphatic heterocycles. The van der Waals surface area contributed by atoms with Crippen LogP contribution < -0.4 is 5.56 Å². The molecule has 1 aromatic carbocycles. The Labute approximate surface area is 190 Å². The van der Waals surface area contributed by atoms with Crippen LogP contribution in [-0.2, 0) is 16.4 Å². The minimum Gasteiger partial charge on any atom is -0.344 e. The Kier molecular flexibility index (Phi) is 5.04. The first-order valence-corrected chi connectivity index (χ1v) is 12.5. The molecule has 9 nitrogen and oxygen atoms in total. The van der Waals surface area contributed by atoms with Crippen molar-refractivity contribution in [3.63, 3.8) is 0 Å². The molecule has 1 fully saturated rings. The minimum absolute atomic E-state index is 0.0858. The number of fused-ring (bicyclic) bond motifs is 1. The van der Waals surface area contributed by atoms with E-state index in [1.54, 1.807) is 10.7 Å². The molecule has 1 unspecified atom stereocenters. The van der Waals surface area contributed by atoms with Crippen LogP contribution in [0.5, 0.6) is 0 Å². The molecule has 1 aliphatic rings. The summed E-state index contributed by atoms with van der Waals surface area (Å²) in [4.78, 5) is 30.5. The lowest BCUT2D eigenvalue weighted by Crippen LogP contribution is -2.25. The van der Waals surface area contributed by atoms with E-state index in [0.29, 0.717) is 23.0 Å². The number of rotatable bonds is 5. The van der Waals surface area contributed by atoms with Gasteiger partial charge in [-0.3, -0.25) is 14.2 Å². The second-order valence-electron chi connectivity index (χ2n) is 8.44. The standard InChI is InChI=1S/C23H23N5O4S/c1-15-10-19(16(2)27(15)18-8-9-33(31,32)13-18)21(29)12-26-14-24-22-20(23(26)30)11-25-28(22)17-6-4-3-5-7-17/h3-7,10-11,14,18H,8-9,12-13H2,1-2H3. The molecule has 170 valence electrons. The average Bonchev–Trinajstić information content (AvgIpc) is 3.45. The molecule has 0 saturated carbocycles. The van der Waals surface area contributed by atoms with Crippen LogP contribution in [0.2, 0.25) is 0 Å². The minimum atomic E-state index is -3.05. The van der Waals surface area contributed by atoms with E-state index in [2.05, 4.69) is 10.1 Å². The van der Waals surface area contributed by atoms with Gasteiger partial charge in [0, 0.05) is 23.0 Å². The molecule has 1 saturated heterocycles. The molecule has 0 aliphatic carbocycles. The van der Waals surface area contributed by atoms with Gasteiger partial charge in [-0.15, -0.1) is 0 Å².